The summed E-state index contributed by atoms with van der Waals surface area (Å²) in [6, 6.07) is 10.7. The smallest absolute Gasteiger partial charge is 0.321 e. The third-order valence-electron chi connectivity index (χ3n) is 7.15. The van der Waals surface area contributed by atoms with Gasteiger partial charge in [-0.3, -0.25) is 4.79 Å². The van der Waals surface area contributed by atoms with Gasteiger partial charge < -0.3 is 25.6 Å². The molecule has 2 heterocycles. The predicted octanol–water partition coefficient (Wildman–Crippen LogP) is 6.26. The maximum absolute atomic E-state index is 12.8. The molecule has 0 saturated carbocycles. The van der Waals surface area contributed by atoms with E-state index in [0.29, 0.717) is 48.2 Å². The van der Waals surface area contributed by atoms with E-state index in [2.05, 4.69) is 34.7 Å². The molecule has 4 N–H and O–H groups in total. The fourth-order valence-electron chi connectivity index (χ4n) is 4.94. The number of hydrogen-bond acceptors (Lipinski definition) is 3. The predicted molar refractivity (Wildman–Crippen MR) is 145 cm³/mol. The fraction of sp³-hybridized carbons (Fsp3) is 0.407. The Kier molecular flexibility index (Phi) is 8.44. The van der Waals surface area contributed by atoms with E-state index in [-0.39, 0.29) is 17.9 Å². The number of carboxylic acids is 1. The second-order valence-corrected chi connectivity index (χ2v) is 10.4. The largest absolute Gasteiger partial charge is 0.480 e. The molecular weight excluding hydrogens is 499 g/mol. The van der Waals surface area contributed by atoms with Crippen molar-refractivity contribution in [3.8, 4) is 0 Å². The van der Waals surface area contributed by atoms with Crippen molar-refractivity contribution in [2.45, 2.75) is 45.1 Å². The number of nitrogens with zero attached hydrogens (tertiary/aromatic N) is 1. The first-order valence-electron chi connectivity index (χ1n) is 12.3. The Morgan fingerprint density at radius 1 is 1.17 bits per heavy atom. The third kappa shape index (κ3) is 5.97. The summed E-state index contributed by atoms with van der Waals surface area (Å²) >= 11 is 12.4. The van der Waals surface area contributed by atoms with Gasteiger partial charge in [0.1, 0.15) is 6.04 Å². The number of carbonyl (C=O) groups is 2. The molecule has 1 saturated heterocycles. The van der Waals surface area contributed by atoms with Gasteiger partial charge in [-0.25, -0.2) is 4.79 Å². The van der Waals surface area contributed by atoms with E-state index in [1.807, 2.05) is 25.3 Å². The molecule has 3 aromatic rings. The number of hydrogen-bond donors (Lipinski definition) is 4. The molecule has 0 aliphatic carbocycles. The average molecular weight is 531 g/mol. The molecule has 7 nitrogen and oxygen atoms in total. The molecule has 36 heavy (non-hydrogen) atoms. The molecule has 9 heteroatoms. The van der Waals surface area contributed by atoms with Crippen molar-refractivity contribution in [2.24, 2.45) is 5.92 Å². The number of benzene rings is 2. The van der Waals surface area contributed by atoms with Crippen LogP contribution in [0.4, 0.5) is 10.5 Å². The van der Waals surface area contributed by atoms with Crippen LogP contribution in [0.25, 0.3) is 10.9 Å². The molecule has 2 atom stereocenters. The number of aromatic amines is 1. The number of H-pyrrole nitrogens is 1. The highest BCUT2D eigenvalue weighted by Crippen LogP contribution is 2.30. The third-order valence-corrected chi connectivity index (χ3v) is 7.87. The zero-order chi connectivity index (χ0) is 25.8. The Labute approximate surface area is 221 Å². The number of carbonyl (C=O) groups excluding carboxylic acids is 1. The van der Waals surface area contributed by atoms with Crippen molar-refractivity contribution in [3.63, 3.8) is 0 Å². The molecule has 192 valence electrons. The topological polar surface area (TPSA) is 97.5 Å². The molecule has 0 bridgehead atoms. The van der Waals surface area contributed by atoms with Crippen molar-refractivity contribution in [1.82, 2.24) is 15.2 Å². The number of aliphatic carboxylic acids is 1. The lowest BCUT2D eigenvalue weighted by Crippen LogP contribution is -2.49. The van der Waals surface area contributed by atoms with Crippen molar-refractivity contribution in [3.05, 3.63) is 63.8 Å². The van der Waals surface area contributed by atoms with E-state index in [4.69, 9.17) is 23.2 Å². The number of likely N-dealkylation sites (tertiary alicyclic amines) is 1. The maximum atomic E-state index is 12.8. The number of amides is 2. The van der Waals surface area contributed by atoms with Crippen LogP contribution in [-0.2, 0) is 4.79 Å². The number of aromatic nitrogens is 1. The van der Waals surface area contributed by atoms with Gasteiger partial charge in [-0.15, -0.1) is 0 Å². The van der Waals surface area contributed by atoms with Crippen LogP contribution >= 0.6 is 23.2 Å². The van der Waals surface area contributed by atoms with Crippen molar-refractivity contribution in [2.75, 3.05) is 25.0 Å². The number of anilines is 1. The lowest BCUT2D eigenvalue weighted by molar-refractivity contribution is -0.141. The molecule has 2 aromatic carbocycles. The van der Waals surface area contributed by atoms with E-state index >= 15 is 0 Å². The Morgan fingerprint density at radius 2 is 1.89 bits per heavy atom. The van der Waals surface area contributed by atoms with Gasteiger partial charge in [0.05, 0.1) is 10.7 Å². The van der Waals surface area contributed by atoms with E-state index in [9.17, 15) is 14.7 Å². The number of piperidine rings is 1. The second kappa shape index (κ2) is 11.5. The van der Waals surface area contributed by atoms with Crippen LogP contribution in [0.2, 0.25) is 10.0 Å². The van der Waals surface area contributed by atoms with Crippen molar-refractivity contribution >= 4 is 51.8 Å². The summed E-state index contributed by atoms with van der Waals surface area (Å²) in [5.41, 5.74) is 3.66. The quantitative estimate of drug-likeness (QED) is 0.276. The van der Waals surface area contributed by atoms with E-state index in [1.165, 1.54) is 10.9 Å². The van der Waals surface area contributed by atoms with Crippen molar-refractivity contribution in [1.29, 1.82) is 0 Å². The average Bonchev–Trinajstić information content (AvgIpc) is 3.29. The Bertz CT molecular complexity index is 1240. The van der Waals surface area contributed by atoms with Crippen molar-refractivity contribution < 1.29 is 14.7 Å². The highest BCUT2D eigenvalue weighted by Gasteiger charge is 2.32. The number of aryl methyl sites for hydroxylation is 1. The normalized spacial score (nSPS) is 16.2. The number of carboxylic acid groups (broad SMARTS) is 1. The van der Waals surface area contributed by atoms with Gasteiger partial charge >= 0.3 is 12.0 Å². The maximum Gasteiger partial charge on any atom is 0.321 e. The van der Waals surface area contributed by atoms with Crippen LogP contribution < -0.4 is 10.6 Å². The molecule has 2 amide bonds. The summed E-state index contributed by atoms with van der Waals surface area (Å²) in [5, 5.41) is 18.1. The minimum absolute atomic E-state index is 0.0487. The summed E-state index contributed by atoms with van der Waals surface area (Å²) in [5.74, 6) is -0.609. The first-order chi connectivity index (χ1) is 17.2. The SMILES string of the molecule is Cc1cc(Cl)c(NC(=O)N2CCC(C(NCCC(C)c3c[nH]c4ccccc34)C(=O)O)CC2)cc1Cl. The monoisotopic (exact) mass is 530 g/mol. The number of halogens is 2. The molecule has 0 spiro atoms. The van der Waals surface area contributed by atoms with E-state index in [0.717, 1.165) is 17.5 Å². The second-order valence-electron chi connectivity index (χ2n) is 9.59. The standard InChI is InChI=1S/C27H32Cl2N4O3/c1-16(20-15-31-23-6-4-3-5-19(20)23)7-10-30-25(26(34)35)18-8-11-33(12-9-18)27(36)32-24-14-21(28)17(2)13-22(24)29/h3-6,13-16,18,25,30-31H,7-12H2,1-2H3,(H,32,36)(H,34,35). The van der Waals surface area contributed by atoms with Crippen LogP contribution in [0.5, 0.6) is 0 Å². The molecular formula is C27H32Cl2N4O3. The fourth-order valence-corrected chi connectivity index (χ4v) is 5.37. The minimum Gasteiger partial charge on any atom is -0.480 e. The first kappa shape index (κ1) is 26.3. The highest BCUT2D eigenvalue weighted by molar-refractivity contribution is 6.36. The van der Waals surface area contributed by atoms with Crippen LogP contribution in [0.15, 0.2) is 42.6 Å². The van der Waals surface area contributed by atoms with Crippen LogP contribution in [0, 0.1) is 12.8 Å². The molecule has 0 radical (unpaired) electrons. The summed E-state index contributed by atoms with van der Waals surface area (Å²) in [6.07, 6.45) is 4.09. The van der Waals surface area contributed by atoms with Gasteiger partial charge in [0.15, 0.2) is 0 Å². The number of rotatable bonds is 8. The number of urea groups is 1. The van der Waals surface area contributed by atoms with Crippen LogP contribution in [0.1, 0.15) is 43.2 Å². The summed E-state index contributed by atoms with van der Waals surface area (Å²) in [4.78, 5) is 29.8. The first-order valence-corrected chi connectivity index (χ1v) is 13.0. The summed E-state index contributed by atoms with van der Waals surface area (Å²) < 4.78 is 0. The van der Waals surface area contributed by atoms with Gasteiger partial charge in [-0.1, -0.05) is 48.3 Å². The van der Waals surface area contributed by atoms with Gasteiger partial charge in [0, 0.05) is 35.2 Å². The molecule has 1 fully saturated rings. The van der Waals surface area contributed by atoms with Crippen LogP contribution in [-0.4, -0.2) is 52.7 Å². The van der Waals surface area contributed by atoms with Crippen LogP contribution in [0.3, 0.4) is 0 Å². The van der Waals surface area contributed by atoms with Gasteiger partial charge in [-0.05, 0) is 73.9 Å². The zero-order valence-corrected chi connectivity index (χ0v) is 22.0. The number of para-hydroxylation sites is 1. The van der Waals surface area contributed by atoms with Gasteiger partial charge in [0.2, 0.25) is 0 Å². The Balaban J connectivity index is 1.28. The van der Waals surface area contributed by atoms with E-state index < -0.39 is 12.0 Å². The molecule has 4 rings (SSSR count). The summed E-state index contributed by atoms with van der Waals surface area (Å²) in [7, 11) is 0. The molecule has 1 aromatic heterocycles. The Hall–Kier alpha value is -2.74. The highest BCUT2D eigenvalue weighted by atomic mass is 35.5. The Morgan fingerprint density at radius 3 is 2.61 bits per heavy atom. The summed E-state index contributed by atoms with van der Waals surface area (Å²) in [6.45, 7) is 5.57. The number of fused-ring (bicyclic) bond motifs is 1. The van der Waals surface area contributed by atoms with E-state index in [1.54, 1.807) is 17.0 Å². The van der Waals surface area contributed by atoms with Gasteiger partial charge in [0.25, 0.3) is 0 Å². The lowest BCUT2D eigenvalue weighted by atomic mass is 9.89. The minimum atomic E-state index is -0.848. The molecule has 2 unspecified atom stereocenters. The number of nitrogens with one attached hydrogen (secondary N) is 3. The lowest BCUT2D eigenvalue weighted by Gasteiger charge is -2.35. The molecule has 1 aliphatic rings. The zero-order valence-electron chi connectivity index (χ0n) is 20.5. The molecule has 1 aliphatic heterocycles. The van der Waals surface area contributed by atoms with Gasteiger partial charge in [-0.2, -0.15) is 0 Å².